The van der Waals surface area contributed by atoms with Gasteiger partial charge in [-0.05, 0) is 18.8 Å². The molecule has 1 aliphatic rings. The highest BCUT2D eigenvalue weighted by Crippen LogP contribution is 2.29. The zero-order chi connectivity index (χ0) is 8.27. The van der Waals surface area contributed by atoms with Crippen LogP contribution in [-0.2, 0) is 0 Å². The lowest BCUT2D eigenvalue weighted by Gasteiger charge is -2.30. The minimum absolute atomic E-state index is 0.292. The van der Waals surface area contributed by atoms with Gasteiger partial charge in [0, 0.05) is 6.54 Å². The second-order valence-corrected chi connectivity index (χ2v) is 3.00. The Labute approximate surface area is 65.8 Å². The standard InChI is InChI=1S/C7H14N2O2/c8-7(11)9-4-6(10)5-2-1-3-5/h5-6,10H,1-4H2,(H3,8,9,11). The van der Waals surface area contributed by atoms with Gasteiger partial charge in [0.05, 0.1) is 6.10 Å². The second-order valence-electron chi connectivity index (χ2n) is 3.00. The molecule has 11 heavy (non-hydrogen) atoms. The largest absolute Gasteiger partial charge is 0.391 e. The molecular formula is C7H14N2O2. The molecule has 2 amide bonds. The van der Waals surface area contributed by atoms with Crippen LogP contribution < -0.4 is 11.1 Å². The molecule has 1 aliphatic carbocycles. The minimum Gasteiger partial charge on any atom is -0.391 e. The Morgan fingerprint density at radius 1 is 1.73 bits per heavy atom. The molecule has 4 heteroatoms. The highest BCUT2D eigenvalue weighted by molar-refractivity contribution is 5.71. The zero-order valence-electron chi connectivity index (χ0n) is 6.42. The molecule has 0 aromatic rings. The van der Waals surface area contributed by atoms with Crippen LogP contribution in [0.1, 0.15) is 19.3 Å². The number of nitrogens with one attached hydrogen (secondary N) is 1. The number of rotatable bonds is 3. The van der Waals surface area contributed by atoms with Crippen molar-refractivity contribution in [3.8, 4) is 0 Å². The van der Waals surface area contributed by atoms with E-state index in [2.05, 4.69) is 5.32 Å². The fraction of sp³-hybridized carbons (Fsp3) is 0.857. The second kappa shape index (κ2) is 3.57. The Hall–Kier alpha value is -0.770. The van der Waals surface area contributed by atoms with Gasteiger partial charge < -0.3 is 16.2 Å². The summed E-state index contributed by atoms with van der Waals surface area (Å²) in [4.78, 5) is 10.2. The molecule has 0 radical (unpaired) electrons. The molecule has 0 aliphatic heterocycles. The third-order valence-corrected chi connectivity index (χ3v) is 2.18. The number of aliphatic hydroxyl groups is 1. The molecule has 64 valence electrons. The zero-order valence-corrected chi connectivity index (χ0v) is 6.42. The van der Waals surface area contributed by atoms with Crippen molar-refractivity contribution in [1.29, 1.82) is 0 Å². The van der Waals surface area contributed by atoms with Crippen molar-refractivity contribution in [2.45, 2.75) is 25.4 Å². The van der Waals surface area contributed by atoms with Crippen molar-refractivity contribution in [3.05, 3.63) is 0 Å². The van der Waals surface area contributed by atoms with Crippen LogP contribution in [0.5, 0.6) is 0 Å². The van der Waals surface area contributed by atoms with Gasteiger partial charge in [0.2, 0.25) is 0 Å². The summed E-state index contributed by atoms with van der Waals surface area (Å²) < 4.78 is 0. The lowest BCUT2D eigenvalue weighted by Crippen LogP contribution is -2.40. The molecular weight excluding hydrogens is 144 g/mol. The number of carbonyl (C=O) groups excluding carboxylic acids is 1. The fourth-order valence-electron chi connectivity index (χ4n) is 1.20. The van der Waals surface area contributed by atoms with E-state index in [9.17, 15) is 9.90 Å². The number of aliphatic hydroxyl groups excluding tert-OH is 1. The molecule has 4 N–H and O–H groups in total. The van der Waals surface area contributed by atoms with Crippen LogP contribution in [0.2, 0.25) is 0 Å². The van der Waals surface area contributed by atoms with Crippen molar-refractivity contribution in [2.24, 2.45) is 11.7 Å². The van der Waals surface area contributed by atoms with E-state index in [4.69, 9.17) is 5.73 Å². The van der Waals surface area contributed by atoms with Crippen molar-refractivity contribution in [3.63, 3.8) is 0 Å². The van der Waals surface area contributed by atoms with Gasteiger partial charge in [0.25, 0.3) is 0 Å². The van der Waals surface area contributed by atoms with Gasteiger partial charge >= 0.3 is 6.03 Å². The maximum Gasteiger partial charge on any atom is 0.312 e. The lowest BCUT2D eigenvalue weighted by atomic mass is 9.81. The number of hydrogen-bond donors (Lipinski definition) is 3. The van der Waals surface area contributed by atoms with Gasteiger partial charge in [-0.2, -0.15) is 0 Å². The third kappa shape index (κ3) is 2.38. The Bertz CT molecular complexity index is 145. The van der Waals surface area contributed by atoms with Gasteiger partial charge in [-0.25, -0.2) is 4.79 Å². The van der Waals surface area contributed by atoms with E-state index >= 15 is 0 Å². The van der Waals surface area contributed by atoms with E-state index in [-0.39, 0.29) is 0 Å². The van der Waals surface area contributed by atoms with E-state index in [0.29, 0.717) is 12.5 Å². The molecule has 0 aromatic heterocycles. The normalized spacial score (nSPS) is 20.5. The van der Waals surface area contributed by atoms with E-state index in [1.807, 2.05) is 0 Å². The molecule has 1 atom stereocenters. The van der Waals surface area contributed by atoms with Crippen LogP contribution in [0.25, 0.3) is 0 Å². The molecule has 1 rings (SSSR count). The van der Waals surface area contributed by atoms with Crippen LogP contribution in [0.15, 0.2) is 0 Å². The van der Waals surface area contributed by atoms with Crippen molar-refractivity contribution in [2.75, 3.05) is 6.54 Å². The Balaban J connectivity index is 2.09. The van der Waals surface area contributed by atoms with E-state index in [0.717, 1.165) is 12.8 Å². The molecule has 0 spiro atoms. The molecule has 4 nitrogen and oxygen atoms in total. The Morgan fingerprint density at radius 3 is 2.73 bits per heavy atom. The number of primary amides is 1. The average Bonchev–Trinajstić information content (AvgIpc) is 1.79. The molecule has 0 saturated heterocycles. The van der Waals surface area contributed by atoms with Crippen molar-refractivity contribution in [1.82, 2.24) is 5.32 Å². The number of nitrogens with two attached hydrogens (primary N) is 1. The number of amides is 2. The number of urea groups is 1. The number of hydrogen-bond acceptors (Lipinski definition) is 2. The van der Waals surface area contributed by atoms with Gasteiger partial charge in [0.1, 0.15) is 0 Å². The first kappa shape index (κ1) is 8.33. The fourth-order valence-corrected chi connectivity index (χ4v) is 1.20. The lowest BCUT2D eigenvalue weighted by molar-refractivity contribution is 0.0645. The smallest absolute Gasteiger partial charge is 0.312 e. The predicted octanol–water partition coefficient (Wildman–Crippen LogP) is -0.184. The summed E-state index contributed by atoms with van der Waals surface area (Å²) in [7, 11) is 0. The van der Waals surface area contributed by atoms with E-state index in [1.165, 1.54) is 6.42 Å². The monoisotopic (exact) mass is 158 g/mol. The first-order valence-corrected chi connectivity index (χ1v) is 3.91. The van der Waals surface area contributed by atoms with Crippen LogP contribution in [-0.4, -0.2) is 23.8 Å². The first-order chi connectivity index (χ1) is 5.20. The molecule has 0 heterocycles. The SMILES string of the molecule is NC(=O)NCC(O)C1CCC1. The summed E-state index contributed by atoms with van der Waals surface area (Å²) in [6.07, 6.45) is 2.93. The van der Waals surface area contributed by atoms with Crippen LogP contribution in [0.3, 0.4) is 0 Å². The topological polar surface area (TPSA) is 75.4 Å². The minimum atomic E-state index is -0.566. The Kier molecular flexibility index (Phi) is 2.70. The Morgan fingerprint density at radius 2 is 2.36 bits per heavy atom. The summed E-state index contributed by atoms with van der Waals surface area (Å²) in [5.41, 5.74) is 4.84. The maximum absolute atomic E-state index is 10.2. The highest BCUT2D eigenvalue weighted by Gasteiger charge is 2.25. The van der Waals surface area contributed by atoms with Gasteiger partial charge in [-0.15, -0.1) is 0 Å². The number of carbonyl (C=O) groups is 1. The van der Waals surface area contributed by atoms with Crippen LogP contribution >= 0.6 is 0 Å². The van der Waals surface area contributed by atoms with Crippen molar-refractivity contribution >= 4 is 6.03 Å². The summed E-state index contributed by atoms with van der Waals surface area (Å²) in [6, 6.07) is -0.566. The molecule has 0 aromatic carbocycles. The quantitative estimate of drug-likeness (QED) is 0.532. The van der Waals surface area contributed by atoms with Gasteiger partial charge in [0.15, 0.2) is 0 Å². The van der Waals surface area contributed by atoms with Crippen molar-refractivity contribution < 1.29 is 9.90 Å². The molecule has 0 bridgehead atoms. The summed E-state index contributed by atoms with van der Waals surface area (Å²) in [5, 5.41) is 11.7. The molecule has 1 saturated carbocycles. The van der Waals surface area contributed by atoms with Crippen LogP contribution in [0, 0.1) is 5.92 Å². The third-order valence-electron chi connectivity index (χ3n) is 2.18. The summed E-state index contributed by atoms with van der Waals surface area (Å²) in [6.45, 7) is 0.292. The average molecular weight is 158 g/mol. The predicted molar refractivity (Wildman–Crippen MR) is 40.9 cm³/mol. The van der Waals surface area contributed by atoms with Gasteiger partial charge in [-0.3, -0.25) is 0 Å². The summed E-state index contributed by atoms with van der Waals surface area (Å²) in [5.74, 6) is 0.377. The first-order valence-electron chi connectivity index (χ1n) is 3.91. The van der Waals surface area contributed by atoms with E-state index in [1.54, 1.807) is 0 Å². The van der Waals surface area contributed by atoms with Crippen LogP contribution in [0.4, 0.5) is 4.79 Å². The highest BCUT2D eigenvalue weighted by atomic mass is 16.3. The van der Waals surface area contributed by atoms with Gasteiger partial charge in [-0.1, -0.05) is 6.42 Å². The summed E-state index contributed by atoms with van der Waals surface area (Å²) >= 11 is 0. The van der Waals surface area contributed by atoms with E-state index < -0.39 is 12.1 Å². The maximum atomic E-state index is 10.2. The molecule has 1 unspecified atom stereocenters. The molecule has 1 fully saturated rings.